The van der Waals surface area contributed by atoms with Crippen molar-refractivity contribution in [3.05, 3.63) is 65.7 Å². The van der Waals surface area contributed by atoms with E-state index in [9.17, 15) is 18.8 Å². The summed E-state index contributed by atoms with van der Waals surface area (Å²) in [5, 5.41) is 18.4. The lowest BCUT2D eigenvalue weighted by Gasteiger charge is -2.05. The van der Waals surface area contributed by atoms with Crippen LogP contribution in [0.3, 0.4) is 0 Å². The third-order valence-corrected chi connectivity index (χ3v) is 6.86. The molecule has 0 bridgehead atoms. The molecule has 0 saturated heterocycles. The minimum Gasteiger partial charge on any atom is -0.395 e. The van der Waals surface area contributed by atoms with Gasteiger partial charge in [-0.2, -0.15) is 5.26 Å². The van der Waals surface area contributed by atoms with Gasteiger partial charge in [-0.05, 0) is 24.6 Å². The molecule has 3 rings (SSSR count). The van der Waals surface area contributed by atoms with Crippen LogP contribution < -0.4 is 0 Å². The number of sulfone groups is 1. The third-order valence-electron chi connectivity index (χ3n) is 4.57. The predicted octanol–water partition coefficient (Wildman–Crippen LogP) is 2.44. The molecule has 0 amide bonds. The van der Waals surface area contributed by atoms with E-state index < -0.39 is 33.0 Å². The third kappa shape index (κ3) is 2.35. The molecule has 23 heavy (non-hydrogen) atoms. The zero-order valence-electron chi connectivity index (χ0n) is 12.7. The second-order valence-electron chi connectivity index (χ2n) is 5.98. The van der Waals surface area contributed by atoms with Crippen LogP contribution in [0.15, 0.2) is 59.5 Å². The number of aryl methyl sites for hydroxylation is 1. The van der Waals surface area contributed by atoms with Gasteiger partial charge >= 0.3 is 0 Å². The van der Waals surface area contributed by atoms with E-state index in [1.165, 1.54) is 12.1 Å². The van der Waals surface area contributed by atoms with Gasteiger partial charge in [-0.3, -0.25) is 0 Å². The summed E-state index contributed by atoms with van der Waals surface area (Å²) in [7, 11) is -3.69. The van der Waals surface area contributed by atoms with Crippen molar-refractivity contribution in [2.45, 2.75) is 23.0 Å². The van der Waals surface area contributed by atoms with E-state index in [4.69, 9.17) is 0 Å². The second kappa shape index (κ2) is 5.48. The summed E-state index contributed by atoms with van der Waals surface area (Å²) in [6.07, 6.45) is 0. The highest BCUT2D eigenvalue weighted by Crippen LogP contribution is 2.63. The Labute approximate surface area is 135 Å². The molecule has 0 radical (unpaired) electrons. The number of nitrogens with zero attached hydrogens (tertiary/aromatic N) is 1. The number of hydrogen-bond acceptors (Lipinski definition) is 4. The van der Waals surface area contributed by atoms with Crippen LogP contribution in [0.1, 0.15) is 17.0 Å². The van der Waals surface area contributed by atoms with E-state index in [2.05, 4.69) is 6.07 Å². The zero-order valence-corrected chi connectivity index (χ0v) is 13.5. The summed E-state index contributed by atoms with van der Waals surface area (Å²) in [5.74, 6) is -0.511. The van der Waals surface area contributed by atoms with Crippen molar-refractivity contribution in [1.29, 1.82) is 5.26 Å². The first-order valence-corrected chi connectivity index (χ1v) is 8.89. The molecule has 0 aliphatic heterocycles. The molecular weight excluding hydrogens is 310 g/mol. The summed E-state index contributed by atoms with van der Waals surface area (Å²) in [5.41, 5.74) is 0.559. The molecule has 1 aliphatic carbocycles. The van der Waals surface area contributed by atoms with Crippen LogP contribution in [-0.2, 0) is 9.84 Å². The van der Waals surface area contributed by atoms with Crippen molar-refractivity contribution in [3.8, 4) is 6.07 Å². The molecule has 4 nitrogen and oxygen atoms in total. The van der Waals surface area contributed by atoms with Gasteiger partial charge in [-0.25, -0.2) is 8.42 Å². The van der Waals surface area contributed by atoms with Crippen LogP contribution in [0.5, 0.6) is 0 Å². The monoisotopic (exact) mass is 327 g/mol. The number of hydrogen-bond donors (Lipinski definition) is 1. The maximum Gasteiger partial charge on any atom is 0.183 e. The highest BCUT2D eigenvalue weighted by atomic mass is 32.2. The summed E-state index contributed by atoms with van der Waals surface area (Å²) in [6, 6.07) is 17.6. The lowest BCUT2D eigenvalue weighted by Crippen LogP contribution is -2.18. The average Bonchev–Trinajstić information content (AvgIpc) is 3.27. The van der Waals surface area contributed by atoms with E-state index in [-0.39, 0.29) is 4.90 Å². The van der Waals surface area contributed by atoms with Crippen molar-refractivity contribution >= 4 is 9.84 Å². The van der Waals surface area contributed by atoms with E-state index in [0.717, 1.165) is 11.1 Å². The minimum absolute atomic E-state index is 0.188. The largest absolute Gasteiger partial charge is 0.395 e. The highest BCUT2D eigenvalue weighted by Gasteiger charge is 2.72. The van der Waals surface area contributed by atoms with Crippen molar-refractivity contribution in [3.63, 3.8) is 0 Å². The van der Waals surface area contributed by atoms with Gasteiger partial charge in [0.2, 0.25) is 0 Å². The Morgan fingerprint density at radius 1 is 1.13 bits per heavy atom. The lowest BCUT2D eigenvalue weighted by atomic mass is 10.0. The van der Waals surface area contributed by atoms with Crippen molar-refractivity contribution in [2.75, 3.05) is 6.61 Å². The van der Waals surface area contributed by atoms with E-state index in [1.54, 1.807) is 18.2 Å². The van der Waals surface area contributed by atoms with Gasteiger partial charge in [-0.1, -0.05) is 48.0 Å². The molecule has 1 aliphatic rings. The smallest absolute Gasteiger partial charge is 0.183 e. The molecule has 2 aromatic rings. The standard InChI is InChI=1S/C18H17NO3S/c1-13-7-9-14(10-8-13)16-17(18(16,11-19)12-20)23(21,22)15-5-3-2-4-6-15/h2-10,16-17,20H,12H2,1H3. The number of aliphatic hydroxyl groups is 1. The number of rotatable bonds is 4. The Bertz CT molecular complexity index is 853. The van der Waals surface area contributed by atoms with Crippen molar-refractivity contribution in [1.82, 2.24) is 0 Å². The van der Waals surface area contributed by atoms with Gasteiger partial charge in [0.05, 0.1) is 22.8 Å². The quantitative estimate of drug-likeness (QED) is 0.935. The van der Waals surface area contributed by atoms with Gasteiger partial charge in [0.1, 0.15) is 5.41 Å². The molecule has 1 fully saturated rings. The van der Waals surface area contributed by atoms with E-state index in [1.807, 2.05) is 31.2 Å². The second-order valence-corrected chi connectivity index (χ2v) is 8.05. The van der Waals surface area contributed by atoms with Crippen LogP contribution in [0, 0.1) is 23.7 Å². The van der Waals surface area contributed by atoms with Crippen LogP contribution >= 0.6 is 0 Å². The summed E-state index contributed by atoms with van der Waals surface area (Å²) < 4.78 is 25.8. The topological polar surface area (TPSA) is 78.2 Å². The fraction of sp³-hybridized carbons (Fsp3) is 0.278. The number of benzene rings is 2. The Morgan fingerprint density at radius 2 is 1.74 bits per heavy atom. The van der Waals surface area contributed by atoms with Crippen LogP contribution in [0.25, 0.3) is 0 Å². The van der Waals surface area contributed by atoms with Gasteiger partial charge in [0.25, 0.3) is 0 Å². The molecule has 1 saturated carbocycles. The fourth-order valence-electron chi connectivity index (χ4n) is 3.22. The lowest BCUT2D eigenvalue weighted by molar-refractivity contribution is 0.242. The average molecular weight is 327 g/mol. The van der Waals surface area contributed by atoms with Crippen LogP contribution in [-0.4, -0.2) is 25.4 Å². The highest BCUT2D eigenvalue weighted by molar-refractivity contribution is 7.92. The first-order valence-electron chi connectivity index (χ1n) is 7.35. The maximum absolute atomic E-state index is 12.9. The number of aliphatic hydroxyl groups excluding tert-OH is 1. The van der Waals surface area contributed by atoms with Gasteiger partial charge in [0.15, 0.2) is 9.84 Å². The van der Waals surface area contributed by atoms with E-state index in [0.29, 0.717) is 0 Å². The normalized spacial score (nSPS) is 26.5. The Balaban J connectivity index is 2.07. The molecule has 1 N–H and O–H groups in total. The maximum atomic E-state index is 12.9. The first kappa shape index (κ1) is 15.7. The van der Waals surface area contributed by atoms with Gasteiger partial charge < -0.3 is 5.11 Å². The number of nitriles is 1. The van der Waals surface area contributed by atoms with Crippen LogP contribution in [0.2, 0.25) is 0 Å². The predicted molar refractivity (Wildman–Crippen MR) is 86.5 cm³/mol. The minimum atomic E-state index is -3.69. The Kier molecular flexibility index (Phi) is 3.75. The van der Waals surface area contributed by atoms with Crippen LogP contribution in [0.4, 0.5) is 0 Å². The van der Waals surface area contributed by atoms with Gasteiger partial charge in [-0.15, -0.1) is 0 Å². The first-order chi connectivity index (χ1) is 11.0. The molecule has 3 atom stereocenters. The molecule has 0 aromatic heterocycles. The van der Waals surface area contributed by atoms with Crippen molar-refractivity contribution < 1.29 is 13.5 Å². The summed E-state index contributed by atoms with van der Waals surface area (Å²) in [6.45, 7) is 1.47. The molecule has 0 heterocycles. The summed E-state index contributed by atoms with van der Waals surface area (Å²) in [4.78, 5) is 0.188. The Morgan fingerprint density at radius 3 is 2.26 bits per heavy atom. The molecule has 118 valence electrons. The Hall–Kier alpha value is -2.16. The summed E-state index contributed by atoms with van der Waals surface area (Å²) >= 11 is 0. The molecule has 3 unspecified atom stereocenters. The van der Waals surface area contributed by atoms with E-state index >= 15 is 0 Å². The molecular formula is C18H17NO3S. The SMILES string of the molecule is Cc1ccc(C2C(S(=O)(=O)c3ccccc3)C2(C#N)CO)cc1. The van der Waals surface area contributed by atoms with Gasteiger partial charge in [0, 0.05) is 5.92 Å². The zero-order chi connectivity index (χ0) is 16.7. The van der Waals surface area contributed by atoms with Crippen molar-refractivity contribution in [2.24, 2.45) is 5.41 Å². The molecule has 5 heteroatoms. The fourth-order valence-corrected chi connectivity index (χ4v) is 5.56. The molecule has 0 spiro atoms. The molecule has 2 aromatic carbocycles.